The van der Waals surface area contributed by atoms with Gasteiger partial charge < -0.3 is 15.7 Å². The van der Waals surface area contributed by atoms with E-state index in [2.05, 4.69) is 9.36 Å². The summed E-state index contributed by atoms with van der Waals surface area (Å²) < 4.78 is 3.99. The minimum atomic E-state index is -1.11. The molecule has 0 radical (unpaired) electrons. The summed E-state index contributed by atoms with van der Waals surface area (Å²) in [6.45, 7) is 3.28. The first-order chi connectivity index (χ1) is 9.32. The molecule has 2 rings (SSSR count). The lowest BCUT2D eigenvalue weighted by Crippen LogP contribution is -2.26. The zero-order chi connectivity index (χ0) is 15.0. The zero-order valence-electron chi connectivity index (χ0n) is 11.0. The average molecular weight is 312 g/mol. The van der Waals surface area contributed by atoms with Gasteiger partial charge in [-0.3, -0.25) is 4.79 Å². The normalized spacial score (nSPS) is 10.6. The number of rotatable bonds is 3. The molecule has 0 aliphatic heterocycles. The van der Waals surface area contributed by atoms with Crippen LogP contribution in [-0.2, 0) is 0 Å². The molecule has 0 unspecified atom stereocenters. The Hall–Kier alpha value is -2.00. The van der Waals surface area contributed by atoms with Gasteiger partial charge in [-0.2, -0.15) is 4.37 Å². The van der Waals surface area contributed by atoms with Crippen LogP contribution < -0.4 is 10.6 Å². The van der Waals surface area contributed by atoms with Crippen molar-refractivity contribution in [1.29, 1.82) is 0 Å². The number of aromatic carboxylic acids is 1. The van der Waals surface area contributed by atoms with Gasteiger partial charge in [0, 0.05) is 7.05 Å². The number of aromatic nitrogens is 2. The number of carbonyl (C=O) groups excluding carboxylic acids is 1. The van der Waals surface area contributed by atoms with Gasteiger partial charge in [-0.1, -0.05) is 11.3 Å². The molecule has 2 aromatic heterocycles. The number of hydrogen-bond donors (Lipinski definition) is 2. The van der Waals surface area contributed by atoms with E-state index in [1.807, 2.05) is 0 Å². The molecule has 0 aromatic carbocycles. The topological polar surface area (TPSA) is 109 Å². The maximum absolute atomic E-state index is 12.4. The highest BCUT2D eigenvalue weighted by atomic mass is 32.1. The molecular formula is C11H12N4O3S2. The Labute approximate surface area is 122 Å². The van der Waals surface area contributed by atoms with Crippen molar-refractivity contribution in [1.82, 2.24) is 9.36 Å². The molecule has 0 aliphatic rings. The number of amides is 1. The van der Waals surface area contributed by atoms with Gasteiger partial charge in [0.2, 0.25) is 0 Å². The first-order valence-electron chi connectivity index (χ1n) is 5.53. The van der Waals surface area contributed by atoms with Crippen LogP contribution in [0.1, 0.15) is 31.4 Å². The summed E-state index contributed by atoms with van der Waals surface area (Å²) in [7, 11) is 1.51. The maximum atomic E-state index is 12.4. The van der Waals surface area contributed by atoms with Gasteiger partial charge in [0.25, 0.3) is 5.91 Å². The van der Waals surface area contributed by atoms with Crippen molar-refractivity contribution in [2.24, 2.45) is 0 Å². The second-order valence-corrected chi connectivity index (χ2v) is 5.87. The second kappa shape index (κ2) is 5.17. The number of anilines is 2. The van der Waals surface area contributed by atoms with Crippen LogP contribution in [0.5, 0.6) is 0 Å². The highest BCUT2D eigenvalue weighted by Gasteiger charge is 2.26. The van der Waals surface area contributed by atoms with E-state index in [1.54, 1.807) is 13.8 Å². The Morgan fingerprint density at radius 2 is 1.95 bits per heavy atom. The fourth-order valence-electron chi connectivity index (χ4n) is 1.69. The molecule has 0 aliphatic carbocycles. The highest BCUT2D eigenvalue weighted by Crippen LogP contribution is 2.30. The van der Waals surface area contributed by atoms with Crippen molar-refractivity contribution < 1.29 is 14.7 Å². The monoisotopic (exact) mass is 312 g/mol. The van der Waals surface area contributed by atoms with Gasteiger partial charge in [-0.25, -0.2) is 9.78 Å². The SMILES string of the molecule is Cc1nc(N)sc1C(=O)N(C)c1snc(C)c1C(=O)O. The Morgan fingerprint density at radius 3 is 2.45 bits per heavy atom. The van der Waals surface area contributed by atoms with Gasteiger partial charge in [-0.15, -0.1) is 0 Å². The van der Waals surface area contributed by atoms with Crippen LogP contribution >= 0.6 is 22.9 Å². The molecule has 0 fully saturated rings. The number of aryl methyl sites for hydroxylation is 2. The van der Waals surface area contributed by atoms with Crippen LogP contribution in [0.25, 0.3) is 0 Å². The molecule has 7 nitrogen and oxygen atoms in total. The molecule has 20 heavy (non-hydrogen) atoms. The maximum Gasteiger partial charge on any atom is 0.340 e. The largest absolute Gasteiger partial charge is 0.478 e. The summed E-state index contributed by atoms with van der Waals surface area (Å²) in [4.78, 5) is 29.3. The third-order valence-electron chi connectivity index (χ3n) is 2.68. The van der Waals surface area contributed by atoms with E-state index in [1.165, 1.54) is 11.9 Å². The van der Waals surface area contributed by atoms with Gasteiger partial charge in [0.05, 0.1) is 11.4 Å². The summed E-state index contributed by atoms with van der Waals surface area (Å²) in [5.41, 5.74) is 6.53. The first kappa shape index (κ1) is 14.4. The van der Waals surface area contributed by atoms with E-state index in [-0.39, 0.29) is 11.5 Å². The van der Waals surface area contributed by atoms with Crippen LogP contribution in [0, 0.1) is 13.8 Å². The van der Waals surface area contributed by atoms with Crippen molar-refractivity contribution in [2.45, 2.75) is 13.8 Å². The molecule has 0 saturated heterocycles. The van der Waals surface area contributed by atoms with E-state index in [0.717, 1.165) is 22.9 Å². The highest BCUT2D eigenvalue weighted by molar-refractivity contribution is 7.17. The Morgan fingerprint density at radius 1 is 1.30 bits per heavy atom. The molecule has 0 atom stereocenters. The van der Waals surface area contributed by atoms with E-state index in [0.29, 0.717) is 26.4 Å². The van der Waals surface area contributed by atoms with Crippen LogP contribution in [0.3, 0.4) is 0 Å². The fraction of sp³-hybridized carbons (Fsp3) is 0.273. The first-order valence-corrected chi connectivity index (χ1v) is 7.12. The van der Waals surface area contributed by atoms with Gasteiger partial charge >= 0.3 is 5.97 Å². The molecule has 2 aromatic rings. The summed E-state index contributed by atoms with van der Waals surface area (Å²) in [6, 6.07) is 0. The van der Waals surface area contributed by atoms with Gasteiger partial charge in [0.1, 0.15) is 15.4 Å². The van der Waals surface area contributed by atoms with Crippen molar-refractivity contribution in [3.05, 3.63) is 21.8 Å². The van der Waals surface area contributed by atoms with Crippen molar-refractivity contribution >= 4 is 44.9 Å². The average Bonchev–Trinajstić information content (AvgIpc) is 2.90. The standard InChI is InChI=1S/C11H12N4O3S2/c1-4-6(10(17)18)9(20-14-4)15(3)8(16)7-5(2)13-11(12)19-7/h1-3H3,(H2,12,13)(H,17,18). The molecule has 0 saturated carbocycles. The minimum absolute atomic E-state index is 0.0426. The molecular weight excluding hydrogens is 300 g/mol. The quantitative estimate of drug-likeness (QED) is 0.894. The second-order valence-electron chi connectivity index (χ2n) is 4.08. The molecule has 1 amide bonds. The Balaban J connectivity index is 2.42. The number of nitrogens with zero attached hydrogens (tertiary/aromatic N) is 3. The number of carboxylic acids is 1. The summed E-state index contributed by atoms with van der Waals surface area (Å²) in [5.74, 6) is -1.45. The van der Waals surface area contributed by atoms with Crippen LogP contribution in [-0.4, -0.2) is 33.4 Å². The smallest absolute Gasteiger partial charge is 0.340 e. The van der Waals surface area contributed by atoms with Crippen LogP contribution in [0.15, 0.2) is 0 Å². The van der Waals surface area contributed by atoms with E-state index < -0.39 is 5.97 Å². The lowest BCUT2D eigenvalue weighted by Gasteiger charge is -2.14. The van der Waals surface area contributed by atoms with Gasteiger partial charge in [0.15, 0.2) is 5.13 Å². The van der Waals surface area contributed by atoms with Crippen LogP contribution in [0.2, 0.25) is 0 Å². The van der Waals surface area contributed by atoms with Crippen molar-refractivity contribution in [3.8, 4) is 0 Å². The van der Waals surface area contributed by atoms with Gasteiger partial charge in [-0.05, 0) is 25.4 Å². The molecule has 2 heterocycles. The number of hydrogen-bond acceptors (Lipinski definition) is 7. The number of nitrogen functional groups attached to an aromatic ring is 1. The number of carboxylic acid groups (broad SMARTS) is 1. The third kappa shape index (κ3) is 2.37. The fourth-order valence-corrected chi connectivity index (χ4v) is 3.35. The lowest BCUT2D eigenvalue weighted by molar-refractivity contribution is 0.0697. The molecule has 0 bridgehead atoms. The van der Waals surface area contributed by atoms with Crippen molar-refractivity contribution in [3.63, 3.8) is 0 Å². The molecule has 9 heteroatoms. The Bertz CT molecular complexity index is 692. The minimum Gasteiger partial charge on any atom is -0.478 e. The number of thiazole rings is 1. The van der Waals surface area contributed by atoms with E-state index >= 15 is 0 Å². The molecule has 106 valence electrons. The van der Waals surface area contributed by atoms with E-state index in [9.17, 15) is 14.7 Å². The van der Waals surface area contributed by atoms with E-state index in [4.69, 9.17) is 5.73 Å². The zero-order valence-corrected chi connectivity index (χ0v) is 12.6. The molecule has 0 spiro atoms. The predicted molar refractivity (Wildman–Crippen MR) is 77.8 cm³/mol. The van der Waals surface area contributed by atoms with Crippen molar-refractivity contribution in [2.75, 3.05) is 17.7 Å². The Kier molecular flexibility index (Phi) is 3.73. The lowest BCUT2D eigenvalue weighted by atomic mass is 10.2. The third-order valence-corrected chi connectivity index (χ3v) is 4.67. The predicted octanol–water partition coefficient (Wildman–Crippen LogP) is 1.77. The summed E-state index contributed by atoms with van der Waals surface area (Å²) in [6.07, 6.45) is 0. The summed E-state index contributed by atoms with van der Waals surface area (Å²) in [5, 5.41) is 9.80. The number of nitrogens with two attached hydrogens (primary N) is 1. The molecule has 3 N–H and O–H groups in total. The summed E-state index contributed by atoms with van der Waals surface area (Å²) >= 11 is 2.05. The van der Waals surface area contributed by atoms with Crippen LogP contribution in [0.4, 0.5) is 10.1 Å². The number of carbonyl (C=O) groups is 2.